The van der Waals surface area contributed by atoms with Crippen LogP contribution in [0.2, 0.25) is 19.1 Å². The van der Waals surface area contributed by atoms with Crippen LogP contribution in [0.15, 0.2) is 35.3 Å². The second-order valence-electron chi connectivity index (χ2n) is 3.98. The predicted molar refractivity (Wildman–Crippen MR) is 67.2 cm³/mol. The molecule has 0 amide bonds. The zero-order chi connectivity index (χ0) is 10.2. The number of benzene rings is 1. The Morgan fingerprint density at radius 1 is 1.21 bits per heavy atom. The summed E-state index contributed by atoms with van der Waals surface area (Å²) >= 11 is 0. The van der Waals surface area contributed by atoms with Gasteiger partial charge in [-0.3, -0.25) is 4.99 Å². The molecule has 76 valence electrons. The van der Waals surface area contributed by atoms with E-state index >= 15 is 0 Å². The fraction of sp³-hybridized carbons (Fsp3) is 0.417. The van der Waals surface area contributed by atoms with Gasteiger partial charge in [0.1, 0.15) is 0 Å². The van der Waals surface area contributed by atoms with E-state index in [1.54, 1.807) is 0 Å². The quantitative estimate of drug-likeness (QED) is 0.398. The van der Waals surface area contributed by atoms with Crippen LogP contribution in [0.3, 0.4) is 0 Å². The molecule has 0 saturated carbocycles. The Balaban J connectivity index is 2.21. The minimum absolute atomic E-state index is 0.361. The van der Waals surface area contributed by atoms with Crippen molar-refractivity contribution in [2.45, 2.75) is 25.6 Å². The SMILES string of the molecule is C[SiH](C)CCC/N=C/c1ccccc1. The molecule has 0 bridgehead atoms. The maximum absolute atomic E-state index is 4.41. The normalized spacial score (nSPS) is 11.4. The van der Waals surface area contributed by atoms with Gasteiger partial charge in [-0.25, -0.2) is 0 Å². The summed E-state index contributed by atoms with van der Waals surface area (Å²) in [4.78, 5) is 4.41. The molecule has 0 aliphatic carbocycles. The van der Waals surface area contributed by atoms with E-state index in [0.717, 1.165) is 6.54 Å². The van der Waals surface area contributed by atoms with Gasteiger partial charge in [0, 0.05) is 21.6 Å². The first-order valence-electron chi connectivity index (χ1n) is 5.34. The zero-order valence-electron chi connectivity index (χ0n) is 9.11. The van der Waals surface area contributed by atoms with E-state index in [-0.39, 0.29) is 8.80 Å². The molecule has 1 nitrogen and oxygen atoms in total. The molecule has 0 radical (unpaired) electrons. The first-order valence-corrected chi connectivity index (χ1v) is 8.46. The standard InChI is InChI=1S/C12H19NSi/c1-14(2)10-6-9-13-11-12-7-4-3-5-8-12/h3-5,7-8,11,14H,6,9-10H2,1-2H3/b13-11+. The molecular weight excluding hydrogens is 186 g/mol. The van der Waals surface area contributed by atoms with E-state index in [0.29, 0.717) is 0 Å². The predicted octanol–water partition coefficient (Wildman–Crippen LogP) is 2.98. The monoisotopic (exact) mass is 205 g/mol. The van der Waals surface area contributed by atoms with Crippen molar-refractivity contribution in [2.24, 2.45) is 4.99 Å². The lowest BCUT2D eigenvalue weighted by Gasteiger charge is -1.98. The molecular formula is C12H19NSi. The van der Waals surface area contributed by atoms with Gasteiger partial charge in [0.25, 0.3) is 0 Å². The average molecular weight is 205 g/mol. The van der Waals surface area contributed by atoms with Crippen LogP contribution in [-0.2, 0) is 0 Å². The van der Waals surface area contributed by atoms with Crippen molar-refractivity contribution in [1.82, 2.24) is 0 Å². The van der Waals surface area contributed by atoms with E-state index in [1.165, 1.54) is 18.0 Å². The Bertz CT molecular complexity index is 267. The van der Waals surface area contributed by atoms with Crippen molar-refractivity contribution in [1.29, 1.82) is 0 Å². The van der Waals surface area contributed by atoms with E-state index in [2.05, 4.69) is 30.2 Å². The molecule has 0 aromatic heterocycles. The van der Waals surface area contributed by atoms with E-state index < -0.39 is 0 Å². The van der Waals surface area contributed by atoms with Crippen LogP contribution in [0.4, 0.5) is 0 Å². The highest BCUT2D eigenvalue weighted by Crippen LogP contribution is 1.98. The van der Waals surface area contributed by atoms with Crippen LogP contribution < -0.4 is 0 Å². The van der Waals surface area contributed by atoms with Crippen molar-refractivity contribution in [3.05, 3.63) is 35.9 Å². The van der Waals surface area contributed by atoms with Gasteiger partial charge < -0.3 is 0 Å². The highest BCUT2D eigenvalue weighted by atomic mass is 28.3. The van der Waals surface area contributed by atoms with Gasteiger partial charge in [0.15, 0.2) is 0 Å². The fourth-order valence-corrected chi connectivity index (χ4v) is 2.30. The lowest BCUT2D eigenvalue weighted by molar-refractivity contribution is 0.924. The molecule has 0 spiro atoms. The summed E-state index contributed by atoms with van der Waals surface area (Å²) in [5.74, 6) is 0. The molecule has 0 saturated heterocycles. The number of rotatable bonds is 5. The van der Waals surface area contributed by atoms with Gasteiger partial charge in [-0.05, 0) is 12.0 Å². The second kappa shape index (κ2) is 6.54. The largest absolute Gasteiger partial charge is 0.293 e. The summed E-state index contributed by atoms with van der Waals surface area (Å²) in [6, 6.07) is 11.7. The van der Waals surface area contributed by atoms with Crippen LogP contribution in [0, 0.1) is 0 Å². The summed E-state index contributed by atoms with van der Waals surface area (Å²) in [6.07, 6.45) is 3.23. The smallest absolute Gasteiger partial charge is 0.0386 e. The summed E-state index contributed by atoms with van der Waals surface area (Å²) in [5, 5.41) is 0. The number of hydrogen-bond acceptors (Lipinski definition) is 1. The van der Waals surface area contributed by atoms with Gasteiger partial charge in [-0.1, -0.05) is 49.5 Å². The molecule has 0 aliphatic heterocycles. The Labute approximate surface area is 88.5 Å². The van der Waals surface area contributed by atoms with Crippen molar-refractivity contribution < 1.29 is 0 Å². The number of hydrogen-bond donors (Lipinski definition) is 0. The van der Waals surface area contributed by atoms with Crippen LogP contribution in [-0.4, -0.2) is 21.6 Å². The molecule has 2 heteroatoms. The molecule has 0 N–H and O–H groups in total. The van der Waals surface area contributed by atoms with Crippen molar-refractivity contribution in [3.63, 3.8) is 0 Å². The molecule has 0 atom stereocenters. The van der Waals surface area contributed by atoms with Gasteiger partial charge in [0.2, 0.25) is 0 Å². The van der Waals surface area contributed by atoms with E-state index in [1.807, 2.05) is 24.4 Å². The Hall–Kier alpha value is -0.893. The van der Waals surface area contributed by atoms with Crippen molar-refractivity contribution >= 4 is 15.0 Å². The second-order valence-corrected chi connectivity index (χ2v) is 7.35. The van der Waals surface area contributed by atoms with Crippen molar-refractivity contribution in [2.75, 3.05) is 6.54 Å². The van der Waals surface area contributed by atoms with Crippen molar-refractivity contribution in [3.8, 4) is 0 Å². The maximum Gasteiger partial charge on any atom is 0.0386 e. The van der Waals surface area contributed by atoms with E-state index in [9.17, 15) is 0 Å². The minimum Gasteiger partial charge on any atom is -0.293 e. The summed E-state index contributed by atoms with van der Waals surface area (Å²) in [5.41, 5.74) is 1.20. The van der Waals surface area contributed by atoms with Gasteiger partial charge in [-0.15, -0.1) is 0 Å². The number of nitrogens with zero attached hydrogens (tertiary/aromatic N) is 1. The third kappa shape index (κ3) is 4.97. The Morgan fingerprint density at radius 3 is 2.57 bits per heavy atom. The summed E-state index contributed by atoms with van der Waals surface area (Å²) < 4.78 is 0. The lowest BCUT2D eigenvalue weighted by Crippen LogP contribution is -1.99. The molecule has 1 rings (SSSR count). The Kier molecular flexibility index (Phi) is 5.23. The highest BCUT2D eigenvalue weighted by molar-refractivity contribution is 6.55. The first kappa shape index (κ1) is 11.2. The minimum atomic E-state index is -0.361. The zero-order valence-corrected chi connectivity index (χ0v) is 10.3. The topological polar surface area (TPSA) is 12.4 Å². The molecule has 0 fully saturated rings. The fourth-order valence-electron chi connectivity index (χ4n) is 1.30. The summed E-state index contributed by atoms with van der Waals surface area (Å²) in [6.45, 7) is 5.77. The molecule has 0 aliphatic rings. The van der Waals surface area contributed by atoms with Crippen LogP contribution in [0.1, 0.15) is 12.0 Å². The molecule has 0 unspecified atom stereocenters. The average Bonchev–Trinajstić information content (AvgIpc) is 2.18. The van der Waals surface area contributed by atoms with Crippen LogP contribution in [0.5, 0.6) is 0 Å². The van der Waals surface area contributed by atoms with E-state index in [4.69, 9.17) is 0 Å². The molecule has 0 heterocycles. The van der Waals surface area contributed by atoms with Crippen LogP contribution >= 0.6 is 0 Å². The molecule has 14 heavy (non-hydrogen) atoms. The lowest BCUT2D eigenvalue weighted by atomic mass is 10.2. The highest BCUT2D eigenvalue weighted by Gasteiger charge is 1.93. The first-order chi connectivity index (χ1) is 6.79. The molecule has 1 aromatic rings. The van der Waals surface area contributed by atoms with Crippen LogP contribution in [0.25, 0.3) is 0 Å². The third-order valence-corrected chi connectivity index (χ3v) is 3.67. The van der Waals surface area contributed by atoms with Gasteiger partial charge in [-0.2, -0.15) is 0 Å². The molecule has 1 aromatic carbocycles. The van der Waals surface area contributed by atoms with Gasteiger partial charge >= 0.3 is 0 Å². The Morgan fingerprint density at radius 2 is 1.93 bits per heavy atom. The summed E-state index contributed by atoms with van der Waals surface area (Å²) in [7, 11) is -0.361. The maximum atomic E-state index is 4.41. The number of aliphatic imine (C=N–C) groups is 1. The van der Waals surface area contributed by atoms with Gasteiger partial charge in [0.05, 0.1) is 0 Å². The third-order valence-electron chi connectivity index (χ3n) is 2.11.